The molecule has 32 heavy (non-hydrogen) atoms. The Bertz CT molecular complexity index is 1100. The van der Waals surface area contributed by atoms with Crippen LogP contribution in [-0.2, 0) is 20.7 Å². The van der Waals surface area contributed by atoms with Crippen molar-refractivity contribution in [3.63, 3.8) is 0 Å². The third-order valence-corrected chi connectivity index (χ3v) is 4.30. The van der Waals surface area contributed by atoms with E-state index in [1.165, 1.54) is 42.7 Å². The summed E-state index contributed by atoms with van der Waals surface area (Å²) in [5, 5.41) is 15.8. The van der Waals surface area contributed by atoms with Crippen LogP contribution in [0.1, 0.15) is 16.1 Å². The van der Waals surface area contributed by atoms with Crippen LogP contribution in [0.4, 0.5) is 11.4 Å². The molecule has 3 aromatic rings. The lowest BCUT2D eigenvalue weighted by Gasteiger charge is -2.17. The Morgan fingerprint density at radius 2 is 1.81 bits per heavy atom. The number of hydrogen-bond donors (Lipinski definition) is 2. The molecule has 0 spiro atoms. The second-order valence-electron chi connectivity index (χ2n) is 6.66. The minimum atomic E-state index is -1.07. The van der Waals surface area contributed by atoms with E-state index in [1.54, 1.807) is 24.3 Å². The van der Waals surface area contributed by atoms with Gasteiger partial charge in [-0.3, -0.25) is 19.7 Å². The first-order chi connectivity index (χ1) is 15.4. The molecule has 0 aliphatic rings. The predicted molar refractivity (Wildman–Crippen MR) is 113 cm³/mol. The second kappa shape index (κ2) is 10.5. The lowest BCUT2D eigenvalue weighted by molar-refractivity contribution is -0.384. The van der Waals surface area contributed by atoms with Crippen LogP contribution in [0.2, 0.25) is 0 Å². The summed E-state index contributed by atoms with van der Waals surface area (Å²) >= 11 is 0. The zero-order valence-corrected chi connectivity index (χ0v) is 16.7. The molecule has 1 heterocycles. The molecule has 2 amide bonds. The molecule has 0 aliphatic heterocycles. The Morgan fingerprint density at radius 3 is 2.50 bits per heavy atom. The fraction of sp³-hybridized carbons (Fsp3) is 0.136. The van der Waals surface area contributed by atoms with Gasteiger partial charge in [0.15, 0.2) is 12.4 Å². The van der Waals surface area contributed by atoms with E-state index >= 15 is 0 Å². The first kappa shape index (κ1) is 22.2. The van der Waals surface area contributed by atoms with E-state index in [-0.39, 0.29) is 23.6 Å². The molecule has 1 aromatic heterocycles. The summed E-state index contributed by atoms with van der Waals surface area (Å²) in [7, 11) is 0. The highest BCUT2D eigenvalue weighted by atomic mass is 16.6. The van der Waals surface area contributed by atoms with Gasteiger partial charge >= 0.3 is 5.97 Å². The van der Waals surface area contributed by atoms with E-state index in [0.29, 0.717) is 0 Å². The van der Waals surface area contributed by atoms with Gasteiger partial charge < -0.3 is 19.8 Å². The Kier molecular flexibility index (Phi) is 7.31. The van der Waals surface area contributed by atoms with Crippen molar-refractivity contribution < 1.29 is 28.5 Å². The lowest BCUT2D eigenvalue weighted by atomic mass is 10.1. The highest BCUT2D eigenvalue weighted by Gasteiger charge is 2.25. The number of nitro groups is 1. The molecule has 164 valence electrons. The van der Waals surface area contributed by atoms with Gasteiger partial charge in [-0.15, -0.1) is 0 Å². The van der Waals surface area contributed by atoms with Gasteiger partial charge in [0.1, 0.15) is 6.04 Å². The number of rotatable bonds is 9. The highest BCUT2D eigenvalue weighted by Crippen LogP contribution is 2.17. The number of furan rings is 1. The van der Waals surface area contributed by atoms with E-state index in [1.807, 2.05) is 6.07 Å². The first-order valence-corrected chi connectivity index (χ1v) is 9.51. The summed E-state index contributed by atoms with van der Waals surface area (Å²) in [4.78, 5) is 47.3. The van der Waals surface area contributed by atoms with Crippen molar-refractivity contribution >= 4 is 29.2 Å². The highest BCUT2D eigenvalue weighted by molar-refractivity contribution is 5.96. The summed E-state index contributed by atoms with van der Waals surface area (Å²) in [6.45, 7) is -0.635. The standard InChI is InChI=1S/C22H19N3O7/c26-20(23-16-8-4-9-17(13-16)25(29)30)14-32-22(28)18(12-15-6-2-1-3-7-15)24-21(27)19-10-5-11-31-19/h1-11,13,18H,12,14H2,(H,23,26)(H,24,27)/t18-/m0/s1. The van der Waals surface area contributed by atoms with E-state index in [0.717, 1.165) is 5.56 Å². The van der Waals surface area contributed by atoms with Crippen LogP contribution in [0.3, 0.4) is 0 Å². The van der Waals surface area contributed by atoms with Crippen LogP contribution in [0.5, 0.6) is 0 Å². The smallest absolute Gasteiger partial charge is 0.329 e. The van der Waals surface area contributed by atoms with Crippen LogP contribution < -0.4 is 10.6 Å². The number of ether oxygens (including phenoxy) is 1. The number of amides is 2. The van der Waals surface area contributed by atoms with E-state index in [4.69, 9.17) is 9.15 Å². The molecule has 0 aliphatic carbocycles. The average Bonchev–Trinajstić information content (AvgIpc) is 3.33. The number of esters is 1. The number of nitrogens with zero attached hydrogens (tertiary/aromatic N) is 1. The van der Waals surface area contributed by atoms with Gasteiger partial charge in [0.05, 0.1) is 11.2 Å². The Labute approximate surface area is 182 Å². The Morgan fingerprint density at radius 1 is 1.03 bits per heavy atom. The molecule has 2 N–H and O–H groups in total. The van der Waals surface area contributed by atoms with Crippen molar-refractivity contribution in [2.45, 2.75) is 12.5 Å². The summed E-state index contributed by atoms with van der Waals surface area (Å²) < 4.78 is 10.1. The first-order valence-electron chi connectivity index (χ1n) is 9.51. The summed E-state index contributed by atoms with van der Waals surface area (Å²) in [6.07, 6.45) is 1.47. The maximum Gasteiger partial charge on any atom is 0.329 e. The molecule has 0 bridgehead atoms. The molecule has 10 nitrogen and oxygen atoms in total. The van der Waals surface area contributed by atoms with Crippen molar-refractivity contribution in [1.82, 2.24) is 5.32 Å². The third kappa shape index (κ3) is 6.26. The van der Waals surface area contributed by atoms with Gasteiger partial charge in [0.25, 0.3) is 17.5 Å². The van der Waals surface area contributed by atoms with E-state index in [9.17, 15) is 24.5 Å². The Hall–Kier alpha value is -4.47. The summed E-state index contributed by atoms with van der Waals surface area (Å²) in [5.74, 6) is -2.08. The van der Waals surface area contributed by atoms with Gasteiger partial charge in [0.2, 0.25) is 0 Å². The van der Waals surface area contributed by atoms with Gasteiger partial charge in [0, 0.05) is 24.2 Å². The molecule has 2 aromatic carbocycles. The minimum Gasteiger partial charge on any atom is -0.459 e. The predicted octanol–water partition coefficient (Wildman–Crippen LogP) is 2.71. The van der Waals surface area contributed by atoms with Crippen molar-refractivity contribution in [3.05, 3.63) is 94.4 Å². The fourth-order valence-electron chi connectivity index (χ4n) is 2.81. The Balaban J connectivity index is 1.62. The number of anilines is 1. The van der Waals surface area contributed by atoms with Crippen LogP contribution in [0.15, 0.2) is 77.4 Å². The van der Waals surface area contributed by atoms with Crippen LogP contribution >= 0.6 is 0 Å². The molecular formula is C22H19N3O7. The quantitative estimate of drug-likeness (QED) is 0.298. The third-order valence-electron chi connectivity index (χ3n) is 4.30. The monoisotopic (exact) mass is 437 g/mol. The van der Waals surface area contributed by atoms with Crippen molar-refractivity contribution in [1.29, 1.82) is 0 Å². The SMILES string of the molecule is O=C(COC(=O)[C@H](Cc1ccccc1)NC(=O)c1ccco1)Nc1cccc([N+](=O)[O-])c1. The zero-order chi connectivity index (χ0) is 22.9. The van der Waals surface area contributed by atoms with Crippen molar-refractivity contribution in [2.24, 2.45) is 0 Å². The van der Waals surface area contributed by atoms with Crippen LogP contribution in [0.25, 0.3) is 0 Å². The number of nitrogens with one attached hydrogen (secondary N) is 2. The minimum absolute atomic E-state index is 0.0271. The number of nitro benzene ring substituents is 1. The second-order valence-corrected chi connectivity index (χ2v) is 6.66. The zero-order valence-electron chi connectivity index (χ0n) is 16.7. The van der Waals surface area contributed by atoms with Crippen LogP contribution in [-0.4, -0.2) is 35.4 Å². The van der Waals surface area contributed by atoms with Crippen molar-refractivity contribution in [2.75, 3.05) is 11.9 Å². The number of non-ortho nitro benzene ring substituents is 1. The van der Waals surface area contributed by atoms with E-state index < -0.39 is 35.4 Å². The lowest BCUT2D eigenvalue weighted by Crippen LogP contribution is -2.44. The number of carbonyl (C=O) groups excluding carboxylic acids is 3. The number of benzene rings is 2. The largest absolute Gasteiger partial charge is 0.459 e. The van der Waals surface area contributed by atoms with Gasteiger partial charge in [-0.05, 0) is 23.8 Å². The normalized spacial score (nSPS) is 11.2. The maximum absolute atomic E-state index is 12.6. The average molecular weight is 437 g/mol. The van der Waals surface area contributed by atoms with E-state index in [2.05, 4.69) is 10.6 Å². The molecular weight excluding hydrogens is 418 g/mol. The number of hydrogen-bond acceptors (Lipinski definition) is 7. The molecule has 10 heteroatoms. The van der Waals surface area contributed by atoms with Crippen molar-refractivity contribution in [3.8, 4) is 0 Å². The molecule has 0 fully saturated rings. The molecule has 0 unspecified atom stereocenters. The molecule has 0 saturated heterocycles. The van der Waals surface area contributed by atoms with Gasteiger partial charge in [-0.1, -0.05) is 36.4 Å². The topological polar surface area (TPSA) is 141 Å². The molecule has 0 saturated carbocycles. The van der Waals surface area contributed by atoms with Crippen LogP contribution in [0, 0.1) is 10.1 Å². The van der Waals surface area contributed by atoms with Gasteiger partial charge in [-0.25, -0.2) is 4.79 Å². The molecule has 0 radical (unpaired) electrons. The van der Waals surface area contributed by atoms with Gasteiger partial charge in [-0.2, -0.15) is 0 Å². The summed E-state index contributed by atoms with van der Waals surface area (Å²) in [5.41, 5.74) is 0.769. The molecule has 3 rings (SSSR count). The fourth-order valence-corrected chi connectivity index (χ4v) is 2.81. The molecule has 1 atom stereocenters. The summed E-state index contributed by atoms with van der Waals surface area (Å²) in [6, 6.07) is 16.2. The maximum atomic E-state index is 12.6. The number of carbonyl (C=O) groups is 3.